The van der Waals surface area contributed by atoms with Crippen molar-refractivity contribution >= 4 is 29.2 Å². The molecule has 0 aliphatic carbocycles. The van der Waals surface area contributed by atoms with Gasteiger partial charge in [-0.3, -0.25) is 19.5 Å². The number of thiophene rings is 1. The van der Waals surface area contributed by atoms with Crippen LogP contribution < -0.4 is 5.32 Å². The van der Waals surface area contributed by atoms with Crippen LogP contribution in [-0.4, -0.2) is 52.3 Å². The van der Waals surface area contributed by atoms with E-state index in [1.807, 2.05) is 23.6 Å². The molecule has 2 fully saturated rings. The molecule has 5 rings (SSSR count). The zero-order chi connectivity index (χ0) is 24.4. The van der Waals surface area contributed by atoms with E-state index in [1.165, 1.54) is 29.2 Å². The van der Waals surface area contributed by atoms with Crippen molar-refractivity contribution < 1.29 is 18.8 Å². The molecule has 35 heavy (non-hydrogen) atoms. The second kappa shape index (κ2) is 9.58. The number of aromatic nitrogens is 1. The van der Waals surface area contributed by atoms with Crippen LogP contribution >= 0.6 is 11.3 Å². The van der Waals surface area contributed by atoms with E-state index in [0.717, 1.165) is 4.88 Å². The first-order chi connectivity index (χ1) is 17.0. The summed E-state index contributed by atoms with van der Waals surface area (Å²) in [6.45, 7) is 1.16. The van der Waals surface area contributed by atoms with Gasteiger partial charge in [-0.1, -0.05) is 12.1 Å². The lowest BCUT2D eigenvalue weighted by atomic mass is 9.73. The third-order valence-electron chi connectivity index (χ3n) is 6.90. The molecule has 2 aromatic heterocycles. The van der Waals surface area contributed by atoms with Crippen LogP contribution in [0.3, 0.4) is 0 Å². The molecule has 1 N–H and O–H groups in total. The first-order valence-electron chi connectivity index (χ1n) is 11.6. The van der Waals surface area contributed by atoms with Gasteiger partial charge in [0, 0.05) is 48.0 Å². The van der Waals surface area contributed by atoms with E-state index in [9.17, 15) is 18.8 Å². The summed E-state index contributed by atoms with van der Waals surface area (Å²) in [7, 11) is 0. The summed E-state index contributed by atoms with van der Waals surface area (Å²) in [5, 5.41) is 5.00. The molecule has 180 valence electrons. The van der Waals surface area contributed by atoms with Crippen molar-refractivity contribution in [2.45, 2.75) is 24.8 Å². The molecule has 2 saturated heterocycles. The smallest absolute Gasteiger partial charge is 0.325 e. The molecule has 9 heteroatoms. The number of carbonyl (C=O) groups excluding carboxylic acids is 3. The quantitative estimate of drug-likeness (QED) is 0.531. The fraction of sp³-hybridized carbons (Fsp3) is 0.308. The molecule has 0 unspecified atom stereocenters. The van der Waals surface area contributed by atoms with Crippen LogP contribution in [0.1, 0.15) is 33.6 Å². The lowest BCUT2D eigenvalue weighted by Crippen LogP contribution is -2.54. The highest BCUT2D eigenvalue weighted by atomic mass is 32.1. The number of nitrogens with zero attached hydrogens (tertiary/aromatic N) is 3. The Bertz CT molecular complexity index is 1210. The number of halogens is 1. The van der Waals surface area contributed by atoms with Gasteiger partial charge in [0.1, 0.15) is 5.82 Å². The third-order valence-corrected chi connectivity index (χ3v) is 7.83. The van der Waals surface area contributed by atoms with Crippen molar-refractivity contribution in [3.05, 3.63) is 88.1 Å². The van der Waals surface area contributed by atoms with Crippen molar-refractivity contribution in [3.63, 3.8) is 0 Å². The average molecular weight is 493 g/mol. The van der Waals surface area contributed by atoms with Gasteiger partial charge in [0.15, 0.2) is 5.54 Å². The van der Waals surface area contributed by atoms with Gasteiger partial charge in [0.05, 0.1) is 0 Å². The molecule has 3 aromatic rings. The van der Waals surface area contributed by atoms with E-state index in [-0.39, 0.29) is 17.7 Å². The first-order valence-corrected chi connectivity index (χ1v) is 12.5. The minimum absolute atomic E-state index is 0.168. The van der Waals surface area contributed by atoms with Gasteiger partial charge in [-0.15, -0.1) is 11.3 Å². The highest BCUT2D eigenvalue weighted by Crippen LogP contribution is 2.41. The monoisotopic (exact) mass is 492 g/mol. The van der Waals surface area contributed by atoms with Gasteiger partial charge >= 0.3 is 6.03 Å². The number of imide groups is 1. The van der Waals surface area contributed by atoms with Crippen molar-refractivity contribution in [1.82, 2.24) is 20.1 Å². The minimum Gasteiger partial charge on any atom is -0.339 e. The lowest BCUT2D eigenvalue weighted by Gasteiger charge is -2.41. The Balaban J connectivity index is 1.36. The number of piperidine rings is 1. The zero-order valence-electron chi connectivity index (χ0n) is 19.0. The van der Waals surface area contributed by atoms with Crippen LogP contribution in [0.4, 0.5) is 9.18 Å². The number of hydrogen-bond acceptors (Lipinski definition) is 5. The second-order valence-corrected chi connectivity index (χ2v) is 9.87. The number of pyridine rings is 1. The van der Waals surface area contributed by atoms with Gasteiger partial charge < -0.3 is 10.2 Å². The summed E-state index contributed by atoms with van der Waals surface area (Å²) in [4.78, 5) is 48.2. The van der Waals surface area contributed by atoms with E-state index in [2.05, 4.69) is 10.3 Å². The Morgan fingerprint density at radius 1 is 1.11 bits per heavy atom. The van der Waals surface area contributed by atoms with Crippen LogP contribution in [-0.2, 0) is 16.8 Å². The maximum absolute atomic E-state index is 13.9. The minimum atomic E-state index is -1.22. The molecule has 1 atom stereocenters. The topological polar surface area (TPSA) is 82.6 Å². The molecule has 4 amide bonds. The fourth-order valence-corrected chi connectivity index (χ4v) is 5.77. The predicted octanol–water partition coefficient (Wildman–Crippen LogP) is 3.82. The maximum atomic E-state index is 13.9. The summed E-state index contributed by atoms with van der Waals surface area (Å²) in [5.41, 5.74) is -0.136. The largest absolute Gasteiger partial charge is 0.339 e. The maximum Gasteiger partial charge on any atom is 0.325 e. The highest BCUT2D eigenvalue weighted by molar-refractivity contribution is 7.09. The second-order valence-electron chi connectivity index (χ2n) is 8.84. The van der Waals surface area contributed by atoms with Crippen LogP contribution in [0.5, 0.6) is 0 Å². The molecule has 0 saturated carbocycles. The number of hydrogen-bond donors (Lipinski definition) is 1. The molecule has 0 radical (unpaired) electrons. The van der Waals surface area contributed by atoms with Crippen molar-refractivity contribution in [2.24, 2.45) is 5.92 Å². The SMILES string of the molecule is O=C(c1ccc(F)cc1)N1CCC([C@]2(c3cccnc3)NC(=O)N(CCc3cccs3)C2=O)CC1. The van der Waals surface area contributed by atoms with Crippen molar-refractivity contribution in [3.8, 4) is 0 Å². The first kappa shape index (κ1) is 23.2. The summed E-state index contributed by atoms with van der Waals surface area (Å²) in [6, 6.07) is 12.6. The van der Waals surface area contributed by atoms with Crippen LogP contribution in [0.25, 0.3) is 0 Å². The molecule has 1 aromatic carbocycles. The zero-order valence-corrected chi connectivity index (χ0v) is 19.8. The number of benzene rings is 1. The number of carbonyl (C=O) groups is 3. The summed E-state index contributed by atoms with van der Waals surface area (Å²) >= 11 is 1.60. The molecule has 4 heterocycles. The highest BCUT2D eigenvalue weighted by Gasteiger charge is 2.57. The normalized spacial score (nSPS) is 20.8. The van der Waals surface area contributed by atoms with Crippen LogP contribution in [0.15, 0.2) is 66.3 Å². The molecule has 7 nitrogen and oxygen atoms in total. The standard InChI is InChI=1S/C26H25FN4O3S/c27-21-7-5-18(6-8-21)23(32)30-13-9-19(10-14-30)26(20-3-1-12-28-17-20)24(33)31(25(34)29-26)15-11-22-4-2-16-35-22/h1-8,12,16-17,19H,9-11,13-15H2,(H,29,34)/t26-/m1/s1. The number of urea groups is 1. The Morgan fingerprint density at radius 2 is 1.89 bits per heavy atom. The fourth-order valence-electron chi connectivity index (χ4n) is 5.07. The van der Waals surface area contributed by atoms with Crippen LogP contribution in [0, 0.1) is 11.7 Å². The van der Waals surface area contributed by atoms with Crippen LogP contribution in [0.2, 0.25) is 0 Å². The summed E-state index contributed by atoms with van der Waals surface area (Å²) in [5.74, 6) is -1.03. The van der Waals surface area contributed by atoms with E-state index < -0.39 is 17.4 Å². The Kier molecular flexibility index (Phi) is 6.34. The predicted molar refractivity (Wildman–Crippen MR) is 129 cm³/mol. The lowest BCUT2D eigenvalue weighted by molar-refractivity contribution is -0.134. The van der Waals surface area contributed by atoms with Gasteiger partial charge in [-0.2, -0.15) is 0 Å². The molecular weight excluding hydrogens is 467 g/mol. The van der Waals surface area contributed by atoms with Gasteiger partial charge in [0.25, 0.3) is 11.8 Å². The van der Waals surface area contributed by atoms with E-state index in [0.29, 0.717) is 50.0 Å². The molecule has 2 aliphatic rings. The average Bonchev–Trinajstić information content (AvgIpc) is 3.50. The number of amides is 4. The molecule has 0 bridgehead atoms. The molecule has 2 aliphatic heterocycles. The third kappa shape index (κ3) is 4.32. The van der Waals surface area contributed by atoms with Gasteiger partial charge in [-0.25, -0.2) is 9.18 Å². The van der Waals surface area contributed by atoms with Crippen molar-refractivity contribution in [1.29, 1.82) is 0 Å². The van der Waals surface area contributed by atoms with E-state index in [4.69, 9.17) is 0 Å². The number of rotatable bonds is 6. The summed E-state index contributed by atoms with van der Waals surface area (Å²) < 4.78 is 13.3. The van der Waals surface area contributed by atoms with Gasteiger partial charge in [0.2, 0.25) is 0 Å². The summed E-state index contributed by atoms with van der Waals surface area (Å²) in [6.07, 6.45) is 4.94. The Hall–Kier alpha value is -3.59. The van der Waals surface area contributed by atoms with Gasteiger partial charge in [-0.05, 0) is 67.0 Å². The van der Waals surface area contributed by atoms with E-state index in [1.54, 1.807) is 34.7 Å². The number of likely N-dealkylation sites (tertiary alicyclic amines) is 1. The Labute approximate surface area is 206 Å². The van der Waals surface area contributed by atoms with E-state index >= 15 is 0 Å². The molecular formula is C26H25FN4O3S. The van der Waals surface area contributed by atoms with Crippen molar-refractivity contribution in [2.75, 3.05) is 19.6 Å². The number of nitrogens with one attached hydrogen (secondary N) is 1. The Morgan fingerprint density at radius 3 is 2.54 bits per heavy atom. The molecule has 0 spiro atoms.